The van der Waals surface area contributed by atoms with Crippen LogP contribution in [-0.2, 0) is 9.47 Å². The smallest absolute Gasteiger partial charge is 0.0700 e. The summed E-state index contributed by atoms with van der Waals surface area (Å²) in [5.41, 5.74) is 0. The van der Waals surface area contributed by atoms with Crippen molar-refractivity contribution in [3.05, 3.63) is 0 Å². The summed E-state index contributed by atoms with van der Waals surface area (Å²) in [7, 11) is 1.70. The van der Waals surface area contributed by atoms with Crippen LogP contribution in [0.1, 0.15) is 52.4 Å². The Labute approximate surface area is 107 Å². The predicted molar refractivity (Wildman–Crippen MR) is 73.5 cm³/mol. The normalized spacial score (nSPS) is 12.9. The average Bonchev–Trinajstić information content (AvgIpc) is 2.33. The maximum atomic E-state index is 5.41. The van der Waals surface area contributed by atoms with Crippen molar-refractivity contribution in [3.63, 3.8) is 0 Å². The van der Waals surface area contributed by atoms with E-state index in [0.717, 1.165) is 26.2 Å². The molecule has 0 aromatic rings. The summed E-state index contributed by atoms with van der Waals surface area (Å²) in [6.07, 6.45) is 7.66. The maximum Gasteiger partial charge on any atom is 0.0700 e. The highest BCUT2D eigenvalue weighted by Crippen LogP contribution is 2.02. The van der Waals surface area contributed by atoms with Gasteiger partial charge in [-0.3, -0.25) is 0 Å². The van der Waals surface area contributed by atoms with E-state index in [1.165, 1.54) is 32.1 Å². The first-order valence-electron chi connectivity index (χ1n) is 7.11. The molecule has 0 bridgehead atoms. The Morgan fingerprint density at radius 2 is 1.82 bits per heavy atom. The lowest BCUT2D eigenvalue weighted by Gasteiger charge is -2.13. The molecule has 0 aromatic heterocycles. The van der Waals surface area contributed by atoms with Gasteiger partial charge in [0, 0.05) is 19.8 Å². The molecular weight excluding hydrogens is 214 g/mol. The lowest BCUT2D eigenvalue weighted by molar-refractivity contribution is 0.0687. The fraction of sp³-hybridized carbons (Fsp3) is 1.00. The molecule has 3 heteroatoms. The monoisotopic (exact) mass is 245 g/mol. The van der Waals surface area contributed by atoms with Crippen molar-refractivity contribution < 1.29 is 9.47 Å². The molecule has 0 saturated carbocycles. The molecule has 0 saturated heterocycles. The molecule has 0 heterocycles. The van der Waals surface area contributed by atoms with Crippen LogP contribution in [0.4, 0.5) is 0 Å². The third-order valence-corrected chi connectivity index (χ3v) is 2.88. The first kappa shape index (κ1) is 16.9. The van der Waals surface area contributed by atoms with Gasteiger partial charge >= 0.3 is 0 Å². The van der Waals surface area contributed by atoms with E-state index in [-0.39, 0.29) is 0 Å². The Morgan fingerprint density at radius 1 is 1.00 bits per heavy atom. The fourth-order valence-electron chi connectivity index (χ4n) is 1.72. The van der Waals surface area contributed by atoms with Gasteiger partial charge in [0.2, 0.25) is 0 Å². The Hall–Kier alpha value is -0.120. The van der Waals surface area contributed by atoms with E-state index >= 15 is 0 Å². The van der Waals surface area contributed by atoms with Crippen LogP contribution in [0.2, 0.25) is 0 Å². The number of hydrogen-bond acceptors (Lipinski definition) is 3. The van der Waals surface area contributed by atoms with E-state index in [1.807, 2.05) is 0 Å². The molecular formula is C14H31NO2. The highest BCUT2D eigenvalue weighted by Gasteiger charge is 1.99. The van der Waals surface area contributed by atoms with Crippen LogP contribution in [0, 0.1) is 0 Å². The minimum Gasteiger partial charge on any atom is -0.382 e. The summed E-state index contributed by atoms with van der Waals surface area (Å²) in [4.78, 5) is 0. The second kappa shape index (κ2) is 13.9. The van der Waals surface area contributed by atoms with Gasteiger partial charge in [-0.15, -0.1) is 0 Å². The van der Waals surface area contributed by atoms with Gasteiger partial charge in [0.15, 0.2) is 0 Å². The van der Waals surface area contributed by atoms with Gasteiger partial charge < -0.3 is 14.8 Å². The SMILES string of the molecule is CCCCCC(C)NCCCCOCCOC. The van der Waals surface area contributed by atoms with Crippen molar-refractivity contribution in [1.82, 2.24) is 5.32 Å². The van der Waals surface area contributed by atoms with E-state index in [0.29, 0.717) is 12.6 Å². The van der Waals surface area contributed by atoms with Crippen molar-refractivity contribution in [2.24, 2.45) is 0 Å². The molecule has 104 valence electrons. The van der Waals surface area contributed by atoms with E-state index in [9.17, 15) is 0 Å². The third-order valence-electron chi connectivity index (χ3n) is 2.88. The number of rotatable bonds is 13. The van der Waals surface area contributed by atoms with Crippen LogP contribution in [-0.4, -0.2) is 39.5 Å². The minimum absolute atomic E-state index is 0.663. The predicted octanol–water partition coefficient (Wildman–Crippen LogP) is 2.99. The molecule has 0 rings (SSSR count). The quantitative estimate of drug-likeness (QED) is 0.506. The van der Waals surface area contributed by atoms with Crippen LogP contribution in [0.3, 0.4) is 0 Å². The summed E-state index contributed by atoms with van der Waals surface area (Å²) in [6, 6.07) is 0.663. The van der Waals surface area contributed by atoms with Crippen molar-refractivity contribution >= 4 is 0 Å². The number of ether oxygens (including phenoxy) is 2. The molecule has 1 unspecified atom stereocenters. The van der Waals surface area contributed by atoms with E-state index < -0.39 is 0 Å². The molecule has 0 aliphatic rings. The zero-order chi connectivity index (χ0) is 12.8. The first-order chi connectivity index (χ1) is 8.31. The van der Waals surface area contributed by atoms with E-state index in [2.05, 4.69) is 19.2 Å². The number of hydrogen-bond donors (Lipinski definition) is 1. The standard InChI is InChI=1S/C14H31NO2/c1-4-5-6-9-14(2)15-10-7-8-11-17-13-12-16-3/h14-15H,4-13H2,1-3H3. The number of nitrogens with one attached hydrogen (secondary N) is 1. The Kier molecular flexibility index (Phi) is 13.8. The van der Waals surface area contributed by atoms with Gasteiger partial charge in [-0.2, -0.15) is 0 Å². The van der Waals surface area contributed by atoms with Crippen LogP contribution in [0.15, 0.2) is 0 Å². The highest BCUT2D eigenvalue weighted by atomic mass is 16.5. The van der Waals surface area contributed by atoms with Crippen LogP contribution in [0.5, 0.6) is 0 Å². The lowest BCUT2D eigenvalue weighted by atomic mass is 10.1. The topological polar surface area (TPSA) is 30.5 Å². The van der Waals surface area contributed by atoms with E-state index in [1.54, 1.807) is 7.11 Å². The number of methoxy groups -OCH3 is 1. The van der Waals surface area contributed by atoms with Gasteiger partial charge in [0.05, 0.1) is 13.2 Å². The van der Waals surface area contributed by atoms with Crippen molar-refractivity contribution in [3.8, 4) is 0 Å². The summed E-state index contributed by atoms with van der Waals surface area (Å²) in [5.74, 6) is 0. The number of unbranched alkanes of at least 4 members (excludes halogenated alkanes) is 3. The molecule has 3 nitrogen and oxygen atoms in total. The second-order valence-electron chi connectivity index (χ2n) is 4.66. The Bertz CT molecular complexity index is 142. The van der Waals surface area contributed by atoms with Crippen molar-refractivity contribution in [2.75, 3.05) is 33.5 Å². The summed E-state index contributed by atoms with van der Waals surface area (Å²) in [6.45, 7) is 7.92. The fourth-order valence-corrected chi connectivity index (χ4v) is 1.72. The molecule has 0 fully saturated rings. The van der Waals surface area contributed by atoms with Crippen molar-refractivity contribution in [1.29, 1.82) is 0 Å². The molecule has 17 heavy (non-hydrogen) atoms. The largest absolute Gasteiger partial charge is 0.382 e. The molecule has 0 amide bonds. The Balaban J connectivity index is 3.05. The first-order valence-corrected chi connectivity index (χ1v) is 7.11. The molecule has 0 aromatic carbocycles. The zero-order valence-corrected chi connectivity index (χ0v) is 12.0. The average molecular weight is 245 g/mol. The lowest BCUT2D eigenvalue weighted by Crippen LogP contribution is -2.27. The van der Waals surface area contributed by atoms with Gasteiger partial charge in [0.25, 0.3) is 0 Å². The molecule has 0 spiro atoms. The summed E-state index contributed by atoms with van der Waals surface area (Å²) in [5, 5.41) is 3.56. The highest BCUT2D eigenvalue weighted by molar-refractivity contribution is 4.60. The molecule has 1 N–H and O–H groups in total. The molecule has 0 aliphatic carbocycles. The van der Waals surface area contributed by atoms with Gasteiger partial charge in [-0.25, -0.2) is 0 Å². The Morgan fingerprint density at radius 3 is 2.53 bits per heavy atom. The van der Waals surface area contributed by atoms with Crippen LogP contribution < -0.4 is 5.32 Å². The van der Waals surface area contributed by atoms with Gasteiger partial charge in [-0.1, -0.05) is 26.2 Å². The summed E-state index contributed by atoms with van der Waals surface area (Å²) >= 11 is 0. The molecule has 1 atom stereocenters. The molecule has 0 aliphatic heterocycles. The zero-order valence-electron chi connectivity index (χ0n) is 12.0. The van der Waals surface area contributed by atoms with Gasteiger partial charge in [-0.05, 0) is 32.7 Å². The van der Waals surface area contributed by atoms with Crippen molar-refractivity contribution in [2.45, 2.75) is 58.4 Å². The van der Waals surface area contributed by atoms with Crippen LogP contribution in [0.25, 0.3) is 0 Å². The minimum atomic E-state index is 0.663. The summed E-state index contributed by atoms with van der Waals surface area (Å²) < 4.78 is 10.3. The van der Waals surface area contributed by atoms with Gasteiger partial charge in [0.1, 0.15) is 0 Å². The van der Waals surface area contributed by atoms with Crippen LogP contribution >= 0.6 is 0 Å². The third kappa shape index (κ3) is 13.8. The van der Waals surface area contributed by atoms with E-state index in [4.69, 9.17) is 9.47 Å². The molecule has 0 radical (unpaired) electrons. The maximum absolute atomic E-state index is 5.41. The second-order valence-corrected chi connectivity index (χ2v) is 4.66.